The largest absolute Gasteiger partial charge is 0.453 e. The number of aliphatic hydroxyl groups is 1. The molecule has 5 rings (SSSR count). The summed E-state index contributed by atoms with van der Waals surface area (Å²) in [6.07, 6.45) is 6.71. The molecule has 1 aliphatic rings. The Morgan fingerprint density at radius 2 is 1.90 bits per heavy atom. The summed E-state index contributed by atoms with van der Waals surface area (Å²) in [7, 11) is 3.08. The predicted molar refractivity (Wildman–Crippen MR) is 154 cm³/mol. The fourth-order valence-electron chi connectivity index (χ4n) is 6.28. The zero-order chi connectivity index (χ0) is 30.3. The van der Waals surface area contributed by atoms with Crippen LogP contribution in [0.1, 0.15) is 62.0 Å². The Morgan fingerprint density at radius 3 is 2.55 bits per heavy atom. The van der Waals surface area contributed by atoms with Crippen molar-refractivity contribution in [3.63, 3.8) is 0 Å². The van der Waals surface area contributed by atoms with Gasteiger partial charge < -0.3 is 20.5 Å². The van der Waals surface area contributed by atoms with Crippen LogP contribution in [0.25, 0.3) is 16.8 Å². The maximum Gasteiger partial charge on any atom is 0.409 e. The highest BCUT2D eigenvalue weighted by molar-refractivity contribution is 5.67. The Balaban J connectivity index is 1.45. The van der Waals surface area contributed by atoms with Crippen LogP contribution >= 0.6 is 0 Å². The second-order valence-corrected chi connectivity index (χ2v) is 11.7. The normalized spacial score (nSPS) is 21.0. The van der Waals surface area contributed by atoms with Gasteiger partial charge in [-0.05, 0) is 85.5 Å². The van der Waals surface area contributed by atoms with Crippen LogP contribution in [0.15, 0.2) is 48.9 Å². The average Bonchev–Trinajstić information content (AvgIpc) is 3.33. The second kappa shape index (κ2) is 11.4. The molecule has 0 radical (unpaired) electrons. The first-order valence-electron chi connectivity index (χ1n) is 13.9. The van der Waals surface area contributed by atoms with Crippen molar-refractivity contribution in [2.24, 2.45) is 11.7 Å². The summed E-state index contributed by atoms with van der Waals surface area (Å²) in [6, 6.07) is 7.13. The average molecular weight is 579 g/mol. The minimum absolute atomic E-state index is 0.110. The number of nitrogens with two attached hydrogens (primary N) is 1. The number of ether oxygens (including phenoxy) is 1. The molecular weight excluding hydrogens is 542 g/mol. The molecule has 42 heavy (non-hydrogen) atoms. The first-order chi connectivity index (χ1) is 19.9. The number of likely N-dealkylation sites (N-methyl/N-ethyl adjacent to an activating group) is 1. The summed E-state index contributed by atoms with van der Waals surface area (Å²) in [4.78, 5) is 22.7. The maximum absolute atomic E-state index is 15.1. The summed E-state index contributed by atoms with van der Waals surface area (Å²) in [6.45, 7) is 5.03. The first kappa shape index (κ1) is 29.5. The van der Waals surface area contributed by atoms with E-state index in [1.54, 1.807) is 47.2 Å². The Bertz CT molecular complexity index is 1580. The van der Waals surface area contributed by atoms with Gasteiger partial charge in [-0.25, -0.2) is 23.1 Å². The van der Waals surface area contributed by atoms with E-state index in [1.807, 2.05) is 6.07 Å². The van der Waals surface area contributed by atoms with Crippen molar-refractivity contribution < 1.29 is 23.4 Å². The molecule has 4 atom stereocenters. The molecule has 1 fully saturated rings. The number of fused-ring (bicyclic) bond motifs is 1. The Kier molecular flexibility index (Phi) is 8.00. The molecule has 0 bridgehead atoms. The van der Waals surface area contributed by atoms with Crippen LogP contribution in [0.4, 0.5) is 13.6 Å². The molecule has 9 nitrogen and oxygen atoms in total. The van der Waals surface area contributed by atoms with Gasteiger partial charge in [-0.2, -0.15) is 5.10 Å². The van der Waals surface area contributed by atoms with Gasteiger partial charge in [-0.15, -0.1) is 0 Å². The SMILES string of the molecule is COC(=O)N(C)[C@@H]1[C@H](N)C[C@H](c2ccncc2Cc2ncc3ccc(-c4c(F)cc(C(C)(C)O)cc4F)nn23)C[C@@H]1C. The van der Waals surface area contributed by atoms with Crippen molar-refractivity contribution in [1.82, 2.24) is 24.5 Å². The van der Waals surface area contributed by atoms with Crippen molar-refractivity contribution in [3.8, 4) is 11.3 Å². The van der Waals surface area contributed by atoms with Gasteiger partial charge in [0.15, 0.2) is 0 Å². The number of carbonyl (C=O) groups is 1. The topological polar surface area (TPSA) is 119 Å². The summed E-state index contributed by atoms with van der Waals surface area (Å²) in [5.41, 5.74) is 7.91. The van der Waals surface area contributed by atoms with E-state index < -0.39 is 23.3 Å². The van der Waals surface area contributed by atoms with Gasteiger partial charge >= 0.3 is 6.09 Å². The van der Waals surface area contributed by atoms with Gasteiger partial charge in [0, 0.05) is 31.9 Å². The fourth-order valence-corrected chi connectivity index (χ4v) is 6.28. The maximum atomic E-state index is 15.1. The number of benzene rings is 1. The summed E-state index contributed by atoms with van der Waals surface area (Å²) < 4.78 is 36.7. The molecule has 3 aromatic heterocycles. The van der Waals surface area contributed by atoms with Gasteiger partial charge in [0.2, 0.25) is 0 Å². The molecule has 3 heterocycles. The highest BCUT2D eigenvalue weighted by Gasteiger charge is 2.39. The molecule has 11 heteroatoms. The number of hydrogen-bond donors (Lipinski definition) is 2. The quantitative estimate of drug-likeness (QED) is 0.338. The third-order valence-corrected chi connectivity index (χ3v) is 8.33. The number of pyridine rings is 1. The van der Waals surface area contributed by atoms with E-state index in [9.17, 15) is 9.90 Å². The number of methoxy groups -OCH3 is 1. The summed E-state index contributed by atoms with van der Waals surface area (Å²) in [5, 5.41) is 14.8. The molecule has 0 unspecified atom stereocenters. The summed E-state index contributed by atoms with van der Waals surface area (Å²) in [5.74, 6) is -0.759. The summed E-state index contributed by atoms with van der Waals surface area (Å²) >= 11 is 0. The lowest BCUT2D eigenvalue weighted by Crippen LogP contribution is -2.55. The van der Waals surface area contributed by atoms with Crippen LogP contribution in [-0.2, 0) is 16.8 Å². The Labute approximate surface area is 243 Å². The molecule has 0 saturated heterocycles. The number of imidazole rings is 1. The van der Waals surface area contributed by atoms with Crippen LogP contribution in [0, 0.1) is 17.6 Å². The standard InChI is InChI=1S/C31H36F2N6O3/c1-17-10-18(11-25(34)29(17)38(4)30(40)42-5)22-8-9-35-15-19(22)12-27-36-16-21-6-7-26(37-39(21)27)28-23(32)13-20(14-24(28)33)31(2,3)41/h6-9,13-18,25,29,41H,10-12,34H2,1-5H3/t17-,18+,25+,29-/m0/s1. The molecule has 1 amide bonds. The van der Waals surface area contributed by atoms with Crippen LogP contribution in [0.3, 0.4) is 0 Å². The number of nitrogens with zero attached hydrogens (tertiary/aromatic N) is 5. The Morgan fingerprint density at radius 1 is 1.19 bits per heavy atom. The second-order valence-electron chi connectivity index (χ2n) is 11.7. The highest BCUT2D eigenvalue weighted by atomic mass is 19.1. The first-order valence-corrected chi connectivity index (χ1v) is 13.9. The lowest BCUT2D eigenvalue weighted by Gasteiger charge is -2.43. The molecule has 4 aromatic rings. The number of halogens is 2. The van der Waals surface area contributed by atoms with E-state index in [2.05, 4.69) is 22.0 Å². The van der Waals surface area contributed by atoms with E-state index in [1.165, 1.54) is 21.0 Å². The predicted octanol–water partition coefficient (Wildman–Crippen LogP) is 4.80. The molecule has 0 spiro atoms. The van der Waals surface area contributed by atoms with Gasteiger partial charge in [0.25, 0.3) is 0 Å². The van der Waals surface area contributed by atoms with Gasteiger partial charge in [-0.3, -0.25) is 4.98 Å². The lowest BCUT2D eigenvalue weighted by molar-refractivity contribution is 0.0774. The van der Waals surface area contributed by atoms with Gasteiger partial charge in [-0.1, -0.05) is 6.92 Å². The van der Waals surface area contributed by atoms with Gasteiger partial charge in [0.05, 0.1) is 41.7 Å². The van der Waals surface area contributed by atoms with E-state index in [4.69, 9.17) is 10.5 Å². The van der Waals surface area contributed by atoms with Crippen molar-refractivity contribution >= 4 is 11.6 Å². The van der Waals surface area contributed by atoms with Crippen LogP contribution < -0.4 is 5.73 Å². The van der Waals surface area contributed by atoms with Crippen molar-refractivity contribution in [3.05, 3.63) is 83.1 Å². The van der Waals surface area contributed by atoms with E-state index in [0.29, 0.717) is 24.2 Å². The lowest BCUT2D eigenvalue weighted by atomic mass is 9.72. The number of carbonyl (C=O) groups excluding carboxylic acids is 1. The number of hydrogen-bond acceptors (Lipinski definition) is 7. The zero-order valence-electron chi connectivity index (χ0n) is 24.4. The molecular formula is C31H36F2N6O3. The molecule has 3 N–H and O–H groups in total. The third kappa shape index (κ3) is 5.58. The van der Waals surface area contributed by atoms with Crippen molar-refractivity contribution in [2.75, 3.05) is 14.2 Å². The minimum atomic E-state index is -1.39. The number of aromatic nitrogens is 4. The molecule has 1 saturated carbocycles. The highest BCUT2D eigenvalue weighted by Crippen LogP contribution is 2.39. The number of amides is 1. The Hall–Kier alpha value is -3.96. The molecule has 1 aromatic carbocycles. The van der Waals surface area contributed by atoms with Crippen LogP contribution in [0.2, 0.25) is 0 Å². The van der Waals surface area contributed by atoms with Crippen molar-refractivity contribution in [1.29, 1.82) is 0 Å². The molecule has 0 aliphatic heterocycles. The van der Waals surface area contributed by atoms with E-state index in [0.717, 1.165) is 29.7 Å². The zero-order valence-corrected chi connectivity index (χ0v) is 24.4. The number of rotatable bonds is 6. The smallest absolute Gasteiger partial charge is 0.409 e. The van der Waals surface area contributed by atoms with E-state index >= 15 is 8.78 Å². The van der Waals surface area contributed by atoms with Crippen molar-refractivity contribution in [2.45, 2.75) is 63.6 Å². The molecule has 1 aliphatic carbocycles. The molecule has 222 valence electrons. The third-order valence-electron chi connectivity index (χ3n) is 8.33. The fraction of sp³-hybridized carbons (Fsp3) is 0.419. The van der Waals surface area contributed by atoms with Gasteiger partial charge in [0.1, 0.15) is 17.5 Å². The van der Waals surface area contributed by atoms with E-state index in [-0.39, 0.29) is 40.7 Å². The minimum Gasteiger partial charge on any atom is -0.453 e. The monoisotopic (exact) mass is 578 g/mol. The van der Waals surface area contributed by atoms with Crippen LogP contribution in [-0.4, -0.2) is 61.9 Å². The van der Waals surface area contributed by atoms with Crippen LogP contribution in [0.5, 0.6) is 0 Å².